The van der Waals surface area contributed by atoms with Gasteiger partial charge in [0, 0.05) is 11.8 Å². The van der Waals surface area contributed by atoms with Crippen molar-refractivity contribution >= 4 is 23.2 Å². The second-order valence-corrected chi connectivity index (χ2v) is 5.09. The number of alkyl halides is 3. The van der Waals surface area contributed by atoms with Crippen LogP contribution in [-0.4, -0.2) is 17.4 Å². The van der Waals surface area contributed by atoms with Crippen LogP contribution in [0.5, 0.6) is 0 Å². The molecule has 0 aromatic rings. The molecule has 90 valence electrons. The van der Waals surface area contributed by atoms with Gasteiger partial charge in [-0.2, -0.15) is 13.2 Å². The molecule has 1 N–H and O–H groups in total. The highest BCUT2D eigenvalue weighted by molar-refractivity contribution is 6.56. The van der Waals surface area contributed by atoms with E-state index >= 15 is 0 Å². The summed E-state index contributed by atoms with van der Waals surface area (Å²) in [4.78, 5) is 0. The van der Waals surface area contributed by atoms with E-state index in [0.717, 1.165) is 0 Å². The second kappa shape index (κ2) is 3.93. The van der Waals surface area contributed by atoms with Crippen LogP contribution in [0, 0.1) is 17.8 Å². The number of hydrogen-bond acceptors (Lipinski definition) is 1. The maximum atomic E-state index is 12.8. The van der Waals surface area contributed by atoms with Crippen LogP contribution in [0.1, 0.15) is 6.42 Å². The minimum atomic E-state index is -4.59. The highest BCUT2D eigenvalue weighted by atomic mass is 35.5. The number of allylic oxidation sites excluding steroid dienone is 1. The summed E-state index contributed by atoms with van der Waals surface area (Å²) in [6.45, 7) is 0. The lowest BCUT2D eigenvalue weighted by Gasteiger charge is -2.27. The zero-order valence-corrected chi connectivity index (χ0v) is 9.52. The summed E-state index contributed by atoms with van der Waals surface area (Å²) in [5, 5.41) is 9.76. The molecule has 1 nitrogen and oxygen atoms in total. The van der Waals surface area contributed by atoms with Gasteiger partial charge in [0.2, 0.25) is 0 Å². The Balaban J connectivity index is 2.37. The highest BCUT2D eigenvalue weighted by Crippen LogP contribution is 2.52. The fourth-order valence-corrected chi connectivity index (χ4v) is 3.07. The zero-order chi connectivity index (χ0) is 12.1. The van der Waals surface area contributed by atoms with Crippen molar-refractivity contribution < 1.29 is 18.3 Å². The Hall–Kier alpha value is -0.190. The van der Waals surface area contributed by atoms with Gasteiger partial charge >= 0.3 is 6.18 Å². The topological polar surface area (TPSA) is 20.2 Å². The summed E-state index contributed by atoms with van der Waals surface area (Å²) < 4.78 is 37.5. The molecule has 16 heavy (non-hydrogen) atoms. The molecule has 6 heteroatoms. The largest absolute Gasteiger partial charge is 0.415 e. The van der Waals surface area contributed by atoms with Gasteiger partial charge in [0.25, 0.3) is 0 Å². The van der Waals surface area contributed by atoms with Crippen LogP contribution in [0.3, 0.4) is 0 Å². The number of halogens is 5. The minimum Gasteiger partial charge on any atom is -0.392 e. The first-order valence-electron chi connectivity index (χ1n) is 4.81. The summed E-state index contributed by atoms with van der Waals surface area (Å²) >= 11 is 10.6. The van der Waals surface area contributed by atoms with E-state index in [9.17, 15) is 18.3 Å². The van der Waals surface area contributed by atoms with Gasteiger partial charge in [-0.05, 0) is 12.3 Å². The van der Waals surface area contributed by atoms with Crippen LogP contribution in [0.15, 0.2) is 22.2 Å². The van der Waals surface area contributed by atoms with Crippen LogP contribution >= 0.6 is 23.2 Å². The first-order chi connectivity index (χ1) is 7.32. The normalized spacial score (nSPS) is 36.9. The molecule has 2 bridgehead atoms. The maximum absolute atomic E-state index is 12.8. The Morgan fingerprint density at radius 2 is 1.75 bits per heavy atom. The number of hydrogen-bond donors (Lipinski definition) is 1. The van der Waals surface area contributed by atoms with Crippen molar-refractivity contribution in [1.82, 2.24) is 0 Å². The number of fused-ring (bicyclic) bond motifs is 2. The summed E-state index contributed by atoms with van der Waals surface area (Å²) in [6, 6.07) is 0. The average molecular weight is 273 g/mol. The van der Waals surface area contributed by atoms with Crippen molar-refractivity contribution in [3.8, 4) is 0 Å². The predicted molar refractivity (Wildman–Crippen MR) is 55.0 cm³/mol. The third kappa shape index (κ3) is 1.87. The molecule has 0 aliphatic heterocycles. The average Bonchev–Trinajstić information content (AvgIpc) is 2.66. The van der Waals surface area contributed by atoms with Crippen molar-refractivity contribution in [2.24, 2.45) is 17.8 Å². The van der Waals surface area contributed by atoms with Crippen LogP contribution in [0.4, 0.5) is 13.2 Å². The fraction of sp³-hybridized carbons (Fsp3) is 0.600. The molecule has 2 rings (SSSR count). The molecular weight excluding hydrogens is 264 g/mol. The van der Waals surface area contributed by atoms with Crippen LogP contribution in [-0.2, 0) is 0 Å². The highest BCUT2D eigenvalue weighted by Gasteiger charge is 2.53. The second-order valence-electron chi connectivity index (χ2n) is 4.14. The smallest absolute Gasteiger partial charge is 0.392 e. The van der Waals surface area contributed by atoms with E-state index in [-0.39, 0.29) is 11.8 Å². The first-order valence-corrected chi connectivity index (χ1v) is 5.56. The van der Waals surface area contributed by atoms with Gasteiger partial charge in [-0.25, -0.2) is 0 Å². The zero-order valence-electron chi connectivity index (χ0n) is 8.01. The van der Waals surface area contributed by atoms with E-state index in [1.807, 2.05) is 0 Å². The van der Waals surface area contributed by atoms with E-state index < -0.39 is 28.3 Å². The molecule has 1 fully saturated rings. The molecule has 0 amide bonds. The standard InChI is InChI=1S/C10H9Cl2F3O/c11-9(12)7(10(13,14)15)6-4-1-2-5(3-4)8(6)16/h1-2,4-6,8,16H,3H2/t4-,5+,6-,8-/m0/s1. The lowest BCUT2D eigenvalue weighted by Crippen LogP contribution is -2.32. The fourth-order valence-electron chi connectivity index (χ4n) is 2.60. The van der Waals surface area contributed by atoms with Crippen molar-refractivity contribution in [2.75, 3.05) is 0 Å². The van der Waals surface area contributed by atoms with E-state index in [1.165, 1.54) is 0 Å². The molecule has 0 heterocycles. The molecule has 2 aliphatic rings. The molecule has 0 aromatic heterocycles. The number of aliphatic hydroxyl groups excluding tert-OH is 1. The van der Waals surface area contributed by atoms with E-state index in [1.54, 1.807) is 12.2 Å². The Morgan fingerprint density at radius 1 is 1.19 bits per heavy atom. The lowest BCUT2D eigenvalue weighted by atomic mass is 9.85. The van der Waals surface area contributed by atoms with Crippen molar-refractivity contribution in [3.63, 3.8) is 0 Å². The number of aliphatic hydroxyl groups is 1. The van der Waals surface area contributed by atoms with Gasteiger partial charge in [0.05, 0.1) is 11.7 Å². The van der Waals surface area contributed by atoms with Crippen LogP contribution < -0.4 is 0 Å². The molecule has 0 radical (unpaired) electrons. The molecular formula is C10H9Cl2F3O. The van der Waals surface area contributed by atoms with Crippen molar-refractivity contribution in [1.29, 1.82) is 0 Å². The van der Waals surface area contributed by atoms with Gasteiger partial charge in [0.1, 0.15) is 4.49 Å². The van der Waals surface area contributed by atoms with Gasteiger partial charge in [-0.3, -0.25) is 0 Å². The summed E-state index contributed by atoms with van der Waals surface area (Å²) in [7, 11) is 0. The Bertz CT molecular complexity index is 358. The van der Waals surface area contributed by atoms with Gasteiger partial charge in [-0.15, -0.1) is 0 Å². The molecule has 0 unspecified atom stereocenters. The molecule has 4 atom stereocenters. The Labute approximate surface area is 101 Å². The van der Waals surface area contributed by atoms with E-state index in [0.29, 0.717) is 6.42 Å². The molecule has 1 saturated carbocycles. The lowest BCUT2D eigenvalue weighted by molar-refractivity contribution is -0.106. The molecule has 2 aliphatic carbocycles. The van der Waals surface area contributed by atoms with Crippen LogP contribution in [0.2, 0.25) is 0 Å². The Morgan fingerprint density at radius 3 is 2.12 bits per heavy atom. The maximum Gasteiger partial charge on any atom is 0.415 e. The monoisotopic (exact) mass is 272 g/mol. The molecule has 0 saturated heterocycles. The predicted octanol–water partition coefficient (Wildman–Crippen LogP) is 3.42. The first kappa shape index (κ1) is 12.3. The molecule has 0 aromatic carbocycles. The summed E-state index contributed by atoms with van der Waals surface area (Å²) in [5.74, 6) is -1.55. The van der Waals surface area contributed by atoms with Gasteiger partial charge in [-0.1, -0.05) is 35.4 Å². The van der Waals surface area contributed by atoms with E-state index in [4.69, 9.17) is 23.2 Å². The minimum absolute atomic E-state index is 0.208. The van der Waals surface area contributed by atoms with Crippen LogP contribution in [0.25, 0.3) is 0 Å². The number of rotatable bonds is 1. The van der Waals surface area contributed by atoms with E-state index in [2.05, 4.69) is 0 Å². The molecule has 0 spiro atoms. The van der Waals surface area contributed by atoms with Crippen molar-refractivity contribution in [3.05, 3.63) is 22.2 Å². The third-order valence-corrected chi connectivity index (χ3v) is 3.67. The van der Waals surface area contributed by atoms with Gasteiger partial charge in [0.15, 0.2) is 0 Å². The Kier molecular flexibility index (Phi) is 3.01. The SMILES string of the molecule is O[C@@H]1[C@H](C(=C(Cl)Cl)C(F)(F)F)[C@H]2C=C[C@@H]1C2. The van der Waals surface area contributed by atoms with Crippen molar-refractivity contribution in [2.45, 2.75) is 18.7 Å². The summed E-state index contributed by atoms with van der Waals surface area (Å²) in [6.07, 6.45) is -1.65. The third-order valence-electron chi connectivity index (χ3n) is 3.26. The summed E-state index contributed by atoms with van der Waals surface area (Å²) in [5.41, 5.74) is -1.000. The van der Waals surface area contributed by atoms with Gasteiger partial charge < -0.3 is 5.11 Å². The quantitative estimate of drug-likeness (QED) is 0.726.